The molecule has 134 valence electrons. The molecule has 0 amide bonds. The first-order valence-electron chi connectivity index (χ1n) is 8.59. The van der Waals surface area contributed by atoms with E-state index in [-0.39, 0.29) is 28.7 Å². The Hall–Kier alpha value is -1.02. The summed E-state index contributed by atoms with van der Waals surface area (Å²) in [6, 6.07) is 0.0763. The predicted molar refractivity (Wildman–Crippen MR) is 99.6 cm³/mol. The standard InChI is InChI=1S/C16H25N3O3S2/c1-10(2)17-12(16(3,4)24-15(17)23)19-13(20)18(14(21)22-19)11-8-6-5-7-9-11/h10-12H,5-9H2,1-4H3. The van der Waals surface area contributed by atoms with Crippen molar-refractivity contribution in [3.05, 3.63) is 21.0 Å². The molecule has 0 aromatic carbocycles. The van der Waals surface area contributed by atoms with Gasteiger partial charge in [-0.3, -0.25) is 0 Å². The summed E-state index contributed by atoms with van der Waals surface area (Å²) >= 11 is 7.05. The monoisotopic (exact) mass is 371 g/mol. The molecule has 2 aliphatic rings. The van der Waals surface area contributed by atoms with Gasteiger partial charge in [0.15, 0.2) is 6.17 Å². The van der Waals surface area contributed by atoms with E-state index in [9.17, 15) is 9.59 Å². The number of thiocarbonyl (C=S) groups is 1. The van der Waals surface area contributed by atoms with E-state index in [1.165, 1.54) is 15.7 Å². The Bertz CT molecular complexity index is 740. The first-order valence-corrected chi connectivity index (χ1v) is 9.82. The van der Waals surface area contributed by atoms with E-state index >= 15 is 0 Å². The molecule has 1 aromatic rings. The molecular weight excluding hydrogens is 346 g/mol. The summed E-state index contributed by atoms with van der Waals surface area (Å²) in [5.74, 6) is -0.547. The maximum atomic E-state index is 13.0. The van der Waals surface area contributed by atoms with Crippen molar-refractivity contribution in [2.75, 3.05) is 0 Å². The van der Waals surface area contributed by atoms with Crippen LogP contribution in [0.25, 0.3) is 0 Å². The summed E-state index contributed by atoms with van der Waals surface area (Å²) < 4.78 is 8.41. The number of thioether (sulfide) groups is 1. The lowest BCUT2D eigenvalue weighted by molar-refractivity contribution is 0.0744. The second kappa shape index (κ2) is 6.37. The van der Waals surface area contributed by atoms with Crippen molar-refractivity contribution in [3.63, 3.8) is 0 Å². The summed E-state index contributed by atoms with van der Waals surface area (Å²) in [6.45, 7) is 8.12. The van der Waals surface area contributed by atoms with Crippen LogP contribution in [0, 0.1) is 0 Å². The smallest absolute Gasteiger partial charge is 0.330 e. The zero-order valence-corrected chi connectivity index (χ0v) is 16.3. The molecule has 0 N–H and O–H groups in total. The molecule has 1 atom stereocenters. The van der Waals surface area contributed by atoms with Crippen molar-refractivity contribution in [1.29, 1.82) is 0 Å². The number of nitrogens with zero attached hydrogens (tertiary/aromatic N) is 3. The largest absolute Gasteiger partial charge is 0.443 e. The van der Waals surface area contributed by atoms with Gasteiger partial charge in [0, 0.05) is 12.1 Å². The van der Waals surface area contributed by atoms with Crippen LogP contribution in [0.3, 0.4) is 0 Å². The van der Waals surface area contributed by atoms with Crippen molar-refractivity contribution in [2.45, 2.75) is 82.8 Å². The van der Waals surface area contributed by atoms with Gasteiger partial charge in [0.1, 0.15) is 4.32 Å². The first kappa shape index (κ1) is 17.8. The molecule has 2 heterocycles. The summed E-state index contributed by atoms with van der Waals surface area (Å²) in [5, 5.41) is 0. The molecule has 0 bridgehead atoms. The summed E-state index contributed by atoms with van der Waals surface area (Å²) in [7, 11) is 0. The molecule has 8 heteroatoms. The van der Waals surface area contributed by atoms with Crippen LogP contribution in [0.4, 0.5) is 0 Å². The van der Waals surface area contributed by atoms with E-state index in [1.807, 2.05) is 32.6 Å². The number of aromatic nitrogens is 2. The fraction of sp³-hybridized carbons (Fsp3) is 0.812. The Balaban J connectivity index is 2.07. The molecule has 2 fully saturated rings. The van der Waals surface area contributed by atoms with Crippen LogP contribution in [0.5, 0.6) is 0 Å². The third-order valence-electron chi connectivity index (χ3n) is 4.93. The molecule has 1 aliphatic carbocycles. The van der Waals surface area contributed by atoms with Gasteiger partial charge in [-0.25, -0.2) is 14.2 Å². The van der Waals surface area contributed by atoms with Gasteiger partial charge in [-0.05, 0) is 40.5 Å². The third kappa shape index (κ3) is 2.87. The average molecular weight is 372 g/mol. The minimum Gasteiger partial charge on any atom is -0.330 e. The Morgan fingerprint density at radius 3 is 2.42 bits per heavy atom. The molecule has 1 saturated heterocycles. The highest BCUT2D eigenvalue weighted by atomic mass is 32.2. The van der Waals surface area contributed by atoms with Gasteiger partial charge < -0.3 is 9.42 Å². The van der Waals surface area contributed by atoms with Crippen LogP contribution in [-0.4, -0.2) is 29.3 Å². The van der Waals surface area contributed by atoms with Crippen LogP contribution in [-0.2, 0) is 0 Å². The molecule has 6 nitrogen and oxygen atoms in total. The van der Waals surface area contributed by atoms with Crippen molar-refractivity contribution in [2.24, 2.45) is 0 Å². The summed E-state index contributed by atoms with van der Waals surface area (Å²) in [5.41, 5.74) is -0.346. The quantitative estimate of drug-likeness (QED) is 0.761. The number of hydrogen-bond acceptors (Lipinski definition) is 5. The second-order valence-electron chi connectivity index (χ2n) is 7.47. The van der Waals surface area contributed by atoms with Gasteiger partial charge in [0.05, 0.1) is 4.75 Å². The van der Waals surface area contributed by atoms with Gasteiger partial charge in [0.2, 0.25) is 0 Å². The highest BCUT2D eigenvalue weighted by molar-refractivity contribution is 8.24. The maximum Gasteiger partial charge on any atom is 0.443 e. The van der Waals surface area contributed by atoms with Gasteiger partial charge in [0.25, 0.3) is 0 Å². The van der Waals surface area contributed by atoms with Crippen LogP contribution in [0.2, 0.25) is 0 Å². The highest BCUT2D eigenvalue weighted by Crippen LogP contribution is 2.47. The van der Waals surface area contributed by atoms with Crippen molar-refractivity contribution in [3.8, 4) is 0 Å². The van der Waals surface area contributed by atoms with Crippen LogP contribution in [0.1, 0.15) is 72.0 Å². The SMILES string of the molecule is CC(C)N1C(=S)SC(C)(C)C1n1oc(=O)n(C2CCCCC2)c1=O. The molecule has 0 spiro atoms. The van der Waals surface area contributed by atoms with Gasteiger partial charge in [-0.1, -0.05) is 43.2 Å². The average Bonchev–Trinajstić information content (AvgIpc) is 2.91. The Labute approximate surface area is 151 Å². The summed E-state index contributed by atoms with van der Waals surface area (Å²) in [6.07, 6.45) is 4.61. The Kier molecular flexibility index (Phi) is 4.72. The molecule has 1 aliphatic heterocycles. The van der Waals surface area contributed by atoms with E-state index in [0.29, 0.717) is 0 Å². The fourth-order valence-corrected chi connectivity index (χ4v) is 5.94. The van der Waals surface area contributed by atoms with E-state index in [2.05, 4.69) is 0 Å². The van der Waals surface area contributed by atoms with E-state index in [4.69, 9.17) is 16.7 Å². The van der Waals surface area contributed by atoms with Crippen molar-refractivity contribution < 1.29 is 4.52 Å². The number of rotatable bonds is 3. The van der Waals surface area contributed by atoms with Crippen molar-refractivity contribution in [1.82, 2.24) is 14.2 Å². The fourth-order valence-electron chi connectivity index (χ4n) is 3.80. The third-order valence-corrected chi connectivity index (χ3v) is 6.52. The first-order chi connectivity index (χ1) is 11.2. The number of hydrogen-bond donors (Lipinski definition) is 0. The van der Waals surface area contributed by atoms with E-state index in [1.54, 1.807) is 11.8 Å². The topological polar surface area (TPSA) is 60.4 Å². The maximum absolute atomic E-state index is 13.0. The van der Waals surface area contributed by atoms with Crippen LogP contribution in [0.15, 0.2) is 14.1 Å². The summed E-state index contributed by atoms with van der Waals surface area (Å²) in [4.78, 5) is 27.4. The minimum atomic E-state index is -0.547. The predicted octanol–water partition coefficient (Wildman–Crippen LogP) is 3.13. The molecule has 1 unspecified atom stereocenters. The molecule has 1 saturated carbocycles. The molecular formula is C16H25N3O3S2. The zero-order valence-electron chi connectivity index (χ0n) is 14.7. The molecule has 1 aromatic heterocycles. The minimum absolute atomic E-state index is 0.0413. The van der Waals surface area contributed by atoms with Gasteiger partial charge >= 0.3 is 11.4 Å². The van der Waals surface area contributed by atoms with E-state index < -0.39 is 5.76 Å². The normalized spacial score (nSPS) is 25.0. The molecule has 24 heavy (non-hydrogen) atoms. The lowest BCUT2D eigenvalue weighted by Crippen LogP contribution is -2.45. The zero-order chi connectivity index (χ0) is 17.6. The Morgan fingerprint density at radius 2 is 1.83 bits per heavy atom. The highest BCUT2D eigenvalue weighted by Gasteiger charge is 2.49. The van der Waals surface area contributed by atoms with E-state index in [0.717, 1.165) is 30.0 Å². The van der Waals surface area contributed by atoms with Crippen molar-refractivity contribution >= 4 is 28.3 Å². The lowest BCUT2D eigenvalue weighted by Gasteiger charge is -2.33. The van der Waals surface area contributed by atoms with Crippen LogP contribution < -0.4 is 11.4 Å². The van der Waals surface area contributed by atoms with Gasteiger partial charge in [-0.15, -0.1) is 4.74 Å². The van der Waals surface area contributed by atoms with Gasteiger partial charge in [-0.2, -0.15) is 0 Å². The van der Waals surface area contributed by atoms with Crippen LogP contribution >= 0.6 is 24.0 Å². The molecule has 3 rings (SSSR count). The second-order valence-corrected chi connectivity index (χ2v) is 9.76. The lowest BCUT2D eigenvalue weighted by atomic mass is 9.95. The molecule has 0 radical (unpaired) electrons. The Morgan fingerprint density at radius 1 is 1.21 bits per heavy atom.